The van der Waals surface area contributed by atoms with E-state index in [1.54, 1.807) is 36.7 Å². The minimum atomic E-state index is -0.155. The third kappa shape index (κ3) is 5.15. The van der Waals surface area contributed by atoms with Gasteiger partial charge in [0.15, 0.2) is 0 Å². The van der Waals surface area contributed by atoms with Crippen LogP contribution in [0, 0.1) is 0 Å². The van der Waals surface area contributed by atoms with Crippen molar-refractivity contribution in [3.8, 4) is 0 Å². The van der Waals surface area contributed by atoms with E-state index >= 15 is 0 Å². The number of benzene rings is 1. The van der Waals surface area contributed by atoms with Crippen molar-refractivity contribution in [2.24, 2.45) is 0 Å². The minimum absolute atomic E-state index is 0.0550. The number of aromatic nitrogens is 1. The van der Waals surface area contributed by atoms with E-state index in [1.165, 1.54) is 25.7 Å². The molecule has 5 nitrogen and oxygen atoms in total. The number of pyridine rings is 1. The van der Waals surface area contributed by atoms with Crippen molar-refractivity contribution in [1.29, 1.82) is 0 Å². The zero-order valence-corrected chi connectivity index (χ0v) is 14.9. The molecular formula is C21H25N3O2. The molecule has 2 N–H and O–H groups in total. The summed E-state index contributed by atoms with van der Waals surface area (Å²) < 4.78 is 0. The summed E-state index contributed by atoms with van der Waals surface area (Å²) in [5, 5.41) is 5.99. The molecule has 3 rings (SSSR count). The molecule has 0 atom stereocenters. The maximum absolute atomic E-state index is 12.4. The Bertz CT molecular complexity index is 721. The van der Waals surface area contributed by atoms with Gasteiger partial charge in [-0.25, -0.2) is 0 Å². The highest BCUT2D eigenvalue weighted by Gasteiger charge is 2.16. The van der Waals surface area contributed by atoms with Crippen LogP contribution in [0.5, 0.6) is 0 Å². The Balaban J connectivity index is 1.53. The van der Waals surface area contributed by atoms with Crippen LogP contribution in [0.25, 0.3) is 0 Å². The van der Waals surface area contributed by atoms with Gasteiger partial charge in [-0.1, -0.05) is 25.7 Å². The van der Waals surface area contributed by atoms with Gasteiger partial charge in [-0.15, -0.1) is 0 Å². The van der Waals surface area contributed by atoms with Crippen molar-refractivity contribution in [3.63, 3.8) is 0 Å². The number of hydrogen-bond acceptors (Lipinski definition) is 3. The lowest BCUT2D eigenvalue weighted by Gasteiger charge is -2.16. The summed E-state index contributed by atoms with van der Waals surface area (Å²) in [6, 6.07) is 10.8. The van der Waals surface area contributed by atoms with E-state index in [0.717, 1.165) is 18.4 Å². The highest BCUT2D eigenvalue weighted by molar-refractivity contribution is 5.97. The number of amides is 2. The first-order valence-corrected chi connectivity index (χ1v) is 9.30. The Morgan fingerprint density at radius 3 is 2.04 bits per heavy atom. The molecule has 0 unspecified atom stereocenters. The van der Waals surface area contributed by atoms with Crippen molar-refractivity contribution < 1.29 is 9.59 Å². The Labute approximate surface area is 154 Å². The van der Waals surface area contributed by atoms with E-state index in [1.807, 2.05) is 12.1 Å². The lowest BCUT2D eigenvalue weighted by atomic mass is 10.1. The quantitative estimate of drug-likeness (QED) is 0.811. The molecule has 0 saturated heterocycles. The molecule has 0 radical (unpaired) electrons. The Kier molecular flexibility index (Phi) is 6.36. The molecule has 26 heavy (non-hydrogen) atoms. The van der Waals surface area contributed by atoms with Gasteiger partial charge in [-0.2, -0.15) is 0 Å². The van der Waals surface area contributed by atoms with Crippen LogP contribution >= 0.6 is 0 Å². The molecule has 0 aliphatic heterocycles. The third-order valence-electron chi connectivity index (χ3n) is 4.80. The first kappa shape index (κ1) is 18.1. The number of carbonyl (C=O) groups is 2. The molecule has 136 valence electrons. The normalized spacial score (nSPS) is 15.1. The summed E-state index contributed by atoms with van der Waals surface area (Å²) in [7, 11) is 0. The topological polar surface area (TPSA) is 71.1 Å². The smallest absolute Gasteiger partial charge is 0.251 e. The minimum Gasteiger partial charge on any atom is -0.349 e. The zero-order valence-electron chi connectivity index (χ0n) is 14.9. The average molecular weight is 351 g/mol. The lowest BCUT2D eigenvalue weighted by Crippen LogP contribution is -2.34. The number of nitrogens with zero attached hydrogens (tertiary/aromatic N) is 1. The Morgan fingerprint density at radius 1 is 0.846 bits per heavy atom. The molecule has 2 amide bonds. The molecule has 1 aromatic heterocycles. The van der Waals surface area contributed by atoms with E-state index in [9.17, 15) is 9.59 Å². The Morgan fingerprint density at radius 2 is 1.42 bits per heavy atom. The van der Waals surface area contributed by atoms with Gasteiger partial charge in [-0.05, 0) is 54.8 Å². The van der Waals surface area contributed by atoms with Crippen LogP contribution in [0.2, 0.25) is 0 Å². The van der Waals surface area contributed by atoms with Gasteiger partial charge in [0.25, 0.3) is 11.8 Å². The van der Waals surface area contributed by atoms with Crippen LogP contribution in [0.15, 0.2) is 48.8 Å². The molecule has 0 spiro atoms. The van der Waals surface area contributed by atoms with E-state index in [4.69, 9.17) is 0 Å². The van der Waals surface area contributed by atoms with Gasteiger partial charge in [0.05, 0.1) is 0 Å². The largest absolute Gasteiger partial charge is 0.349 e. The van der Waals surface area contributed by atoms with Crippen LogP contribution in [0.4, 0.5) is 0 Å². The summed E-state index contributed by atoms with van der Waals surface area (Å²) in [5.41, 5.74) is 2.14. The van der Waals surface area contributed by atoms with Crippen molar-refractivity contribution >= 4 is 11.8 Å². The highest BCUT2D eigenvalue weighted by atomic mass is 16.2. The second-order valence-corrected chi connectivity index (χ2v) is 6.78. The standard InChI is InChI=1S/C21H25N3O2/c25-20(23-15-16-11-13-22-14-12-16)17-7-9-18(10-8-17)21(26)24-19-5-3-1-2-4-6-19/h7-14,19H,1-6,15H2,(H,23,25)(H,24,26). The first-order chi connectivity index (χ1) is 12.7. The monoisotopic (exact) mass is 351 g/mol. The SMILES string of the molecule is O=C(NCc1ccncc1)c1ccc(C(=O)NC2CCCCCC2)cc1. The fourth-order valence-electron chi connectivity index (χ4n) is 3.25. The molecule has 2 aromatic rings. The van der Waals surface area contributed by atoms with Crippen molar-refractivity contribution in [3.05, 3.63) is 65.5 Å². The average Bonchev–Trinajstić information content (AvgIpc) is 2.95. The maximum atomic E-state index is 12.4. The summed E-state index contributed by atoms with van der Waals surface area (Å²) in [4.78, 5) is 28.6. The lowest BCUT2D eigenvalue weighted by molar-refractivity contribution is 0.0927. The van der Waals surface area contributed by atoms with E-state index in [2.05, 4.69) is 15.6 Å². The predicted octanol–water partition coefficient (Wildman–Crippen LogP) is 3.46. The van der Waals surface area contributed by atoms with E-state index < -0.39 is 0 Å². The second-order valence-electron chi connectivity index (χ2n) is 6.78. The van der Waals surface area contributed by atoms with Crippen molar-refractivity contribution in [1.82, 2.24) is 15.6 Å². The van der Waals surface area contributed by atoms with E-state index in [0.29, 0.717) is 17.7 Å². The second kappa shape index (κ2) is 9.13. The van der Waals surface area contributed by atoms with Gasteiger partial charge >= 0.3 is 0 Å². The summed E-state index contributed by atoms with van der Waals surface area (Å²) in [6.07, 6.45) is 10.4. The number of nitrogens with one attached hydrogen (secondary N) is 2. The first-order valence-electron chi connectivity index (χ1n) is 9.30. The molecule has 1 saturated carbocycles. The van der Waals surface area contributed by atoms with Crippen molar-refractivity contribution in [2.45, 2.75) is 51.1 Å². The van der Waals surface area contributed by atoms with Gasteiger partial charge in [0, 0.05) is 36.1 Å². The van der Waals surface area contributed by atoms with Crippen LogP contribution < -0.4 is 10.6 Å². The van der Waals surface area contributed by atoms with Gasteiger partial charge in [-0.3, -0.25) is 14.6 Å². The van der Waals surface area contributed by atoms with Gasteiger partial charge in [0.2, 0.25) is 0 Å². The number of carbonyl (C=O) groups excluding carboxylic acids is 2. The maximum Gasteiger partial charge on any atom is 0.251 e. The summed E-state index contributed by atoms with van der Waals surface area (Å²) in [6.45, 7) is 0.450. The van der Waals surface area contributed by atoms with Gasteiger partial charge in [0.1, 0.15) is 0 Å². The fourth-order valence-corrected chi connectivity index (χ4v) is 3.25. The molecule has 1 aromatic carbocycles. The summed E-state index contributed by atoms with van der Waals surface area (Å²) in [5.74, 6) is -0.210. The van der Waals surface area contributed by atoms with Crippen LogP contribution in [0.3, 0.4) is 0 Å². The van der Waals surface area contributed by atoms with Gasteiger partial charge < -0.3 is 10.6 Å². The predicted molar refractivity (Wildman–Crippen MR) is 101 cm³/mol. The molecular weight excluding hydrogens is 326 g/mol. The number of hydrogen-bond donors (Lipinski definition) is 2. The van der Waals surface area contributed by atoms with Crippen molar-refractivity contribution in [2.75, 3.05) is 0 Å². The van der Waals surface area contributed by atoms with Crippen LogP contribution in [-0.4, -0.2) is 22.8 Å². The molecule has 1 aliphatic carbocycles. The Hall–Kier alpha value is -2.69. The zero-order chi connectivity index (χ0) is 18.2. The molecule has 1 fully saturated rings. The van der Waals surface area contributed by atoms with Crippen LogP contribution in [-0.2, 0) is 6.54 Å². The third-order valence-corrected chi connectivity index (χ3v) is 4.80. The molecule has 1 heterocycles. The molecule has 5 heteroatoms. The molecule has 0 bridgehead atoms. The summed E-state index contributed by atoms with van der Waals surface area (Å²) >= 11 is 0. The van der Waals surface area contributed by atoms with E-state index in [-0.39, 0.29) is 17.9 Å². The fraction of sp³-hybridized carbons (Fsp3) is 0.381. The highest BCUT2D eigenvalue weighted by Crippen LogP contribution is 2.17. The molecule has 1 aliphatic rings. The number of rotatable bonds is 5. The van der Waals surface area contributed by atoms with Crippen LogP contribution in [0.1, 0.15) is 64.8 Å².